The average molecular weight is 292 g/mol. The predicted molar refractivity (Wildman–Crippen MR) is 89.5 cm³/mol. The highest BCUT2D eigenvalue weighted by Gasteiger charge is 2.40. The van der Waals surface area contributed by atoms with Gasteiger partial charge in [-0.05, 0) is 19.9 Å². The number of pyridine rings is 1. The van der Waals surface area contributed by atoms with E-state index in [4.69, 9.17) is 0 Å². The van der Waals surface area contributed by atoms with E-state index >= 15 is 0 Å². The van der Waals surface area contributed by atoms with Crippen LogP contribution in [0.5, 0.6) is 0 Å². The van der Waals surface area contributed by atoms with Crippen molar-refractivity contribution < 1.29 is 4.79 Å². The van der Waals surface area contributed by atoms with Gasteiger partial charge in [0.2, 0.25) is 0 Å². The lowest BCUT2D eigenvalue weighted by Crippen LogP contribution is -2.34. The molecule has 22 heavy (non-hydrogen) atoms. The zero-order valence-corrected chi connectivity index (χ0v) is 13.0. The van der Waals surface area contributed by atoms with Crippen molar-refractivity contribution in [2.45, 2.75) is 25.8 Å². The Morgan fingerprint density at radius 1 is 1.32 bits per heavy atom. The Labute approximate surface area is 131 Å². The van der Waals surface area contributed by atoms with Crippen LogP contribution in [0.4, 0.5) is 5.82 Å². The maximum atomic E-state index is 13.0. The Balaban J connectivity index is 2.01. The Bertz CT molecular complexity index is 706. The second-order valence-electron chi connectivity index (χ2n) is 5.81. The van der Waals surface area contributed by atoms with E-state index in [9.17, 15) is 4.79 Å². The predicted octanol–water partition coefficient (Wildman–Crippen LogP) is 3.75. The summed E-state index contributed by atoms with van der Waals surface area (Å²) in [4.78, 5) is 19.6. The molecular formula is C19H20N2O. The Morgan fingerprint density at radius 2 is 2.05 bits per heavy atom. The van der Waals surface area contributed by atoms with E-state index in [-0.39, 0.29) is 17.7 Å². The number of fused-ring (bicyclic) bond motifs is 1. The van der Waals surface area contributed by atoms with Crippen LogP contribution in [0.2, 0.25) is 0 Å². The number of nitrogens with zero attached hydrogens (tertiary/aromatic N) is 2. The van der Waals surface area contributed by atoms with E-state index in [0.29, 0.717) is 6.54 Å². The van der Waals surface area contributed by atoms with Crippen LogP contribution in [-0.2, 0) is 0 Å². The average Bonchev–Trinajstić information content (AvgIpc) is 2.80. The molecule has 3 rings (SSSR count). The summed E-state index contributed by atoms with van der Waals surface area (Å²) in [5, 5.41) is 0. The number of carbonyl (C=O) groups is 1. The molecule has 3 heteroatoms. The molecule has 2 aromatic rings. The molecule has 0 saturated heterocycles. The first kappa shape index (κ1) is 14.5. The topological polar surface area (TPSA) is 33.2 Å². The van der Waals surface area contributed by atoms with E-state index < -0.39 is 0 Å². The van der Waals surface area contributed by atoms with Crippen LogP contribution in [0.1, 0.15) is 34.3 Å². The third kappa shape index (κ3) is 2.33. The third-order valence-electron chi connectivity index (χ3n) is 4.34. The monoisotopic (exact) mass is 292 g/mol. The standard InChI is InChI=1S/C19H20N2O/c1-4-12-21-14(3)17(16-6-5-11-20-19(16)21)18(22)15-9-7-13(2)8-10-15/h4-11,14,17H,1,12H2,2-3H3. The molecule has 1 aromatic carbocycles. The molecule has 3 nitrogen and oxygen atoms in total. The Hall–Kier alpha value is -2.42. The maximum Gasteiger partial charge on any atom is 0.172 e. The van der Waals surface area contributed by atoms with Crippen molar-refractivity contribution >= 4 is 11.6 Å². The molecule has 2 unspecified atom stereocenters. The SMILES string of the molecule is C=CCN1c2ncccc2C(C(=O)c2ccc(C)cc2)C1C. The molecular weight excluding hydrogens is 272 g/mol. The number of benzene rings is 1. The number of hydrogen-bond donors (Lipinski definition) is 0. The lowest BCUT2D eigenvalue weighted by molar-refractivity contribution is 0.0953. The summed E-state index contributed by atoms with van der Waals surface area (Å²) in [7, 11) is 0. The Morgan fingerprint density at radius 3 is 2.73 bits per heavy atom. The van der Waals surface area contributed by atoms with E-state index in [1.165, 1.54) is 0 Å². The summed E-state index contributed by atoms with van der Waals surface area (Å²) in [5.41, 5.74) is 2.94. The molecule has 1 aromatic heterocycles. The lowest BCUT2D eigenvalue weighted by atomic mass is 9.88. The Kier molecular flexibility index (Phi) is 3.80. The van der Waals surface area contributed by atoms with Gasteiger partial charge in [-0.1, -0.05) is 42.0 Å². The number of aryl methyl sites for hydroxylation is 1. The van der Waals surface area contributed by atoms with Gasteiger partial charge in [0.1, 0.15) is 5.82 Å². The fourth-order valence-electron chi connectivity index (χ4n) is 3.17. The number of aromatic nitrogens is 1. The first-order chi connectivity index (χ1) is 10.6. The summed E-state index contributed by atoms with van der Waals surface area (Å²) < 4.78 is 0. The molecule has 112 valence electrons. The zero-order chi connectivity index (χ0) is 15.7. The van der Waals surface area contributed by atoms with E-state index in [1.807, 2.05) is 49.4 Å². The van der Waals surface area contributed by atoms with Crippen LogP contribution in [-0.4, -0.2) is 23.4 Å². The van der Waals surface area contributed by atoms with Crippen LogP contribution >= 0.6 is 0 Å². The summed E-state index contributed by atoms with van der Waals surface area (Å²) >= 11 is 0. The largest absolute Gasteiger partial charge is 0.349 e. The third-order valence-corrected chi connectivity index (χ3v) is 4.34. The van der Waals surface area contributed by atoms with Crippen LogP contribution < -0.4 is 4.90 Å². The second-order valence-corrected chi connectivity index (χ2v) is 5.81. The van der Waals surface area contributed by atoms with E-state index in [2.05, 4.69) is 23.4 Å². The van der Waals surface area contributed by atoms with Gasteiger partial charge in [0, 0.05) is 29.9 Å². The van der Waals surface area contributed by atoms with Gasteiger partial charge in [0.25, 0.3) is 0 Å². The maximum absolute atomic E-state index is 13.0. The van der Waals surface area contributed by atoms with Gasteiger partial charge in [-0.15, -0.1) is 6.58 Å². The molecule has 2 heterocycles. The molecule has 0 bridgehead atoms. The van der Waals surface area contributed by atoms with Gasteiger partial charge in [-0.2, -0.15) is 0 Å². The summed E-state index contributed by atoms with van der Waals surface area (Å²) in [5.74, 6) is 0.889. The van der Waals surface area contributed by atoms with Gasteiger partial charge in [0.15, 0.2) is 5.78 Å². The number of carbonyl (C=O) groups excluding carboxylic acids is 1. The van der Waals surface area contributed by atoms with Crippen molar-refractivity contribution in [1.82, 2.24) is 4.98 Å². The second kappa shape index (κ2) is 5.76. The smallest absolute Gasteiger partial charge is 0.172 e. The van der Waals surface area contributed by atoms with Gasteiger partial charge in [-0.3, -0.25) is 4.79 Å². The van der Waals surface area contributed by atoms with Crippen molar-refractivity contribution in [3.05, 3.63) is 71.9 Å². The molecule has 0 spiro atoms. The van der Waals surface area contributed by atoms with Gasteiger partial charge >= 0.3 is 0 Å². The summed E-state index contributed by atoms with van der Waals surface area (Å²) in [6.45, 7) is 8.62. The summed E-state index contributed by atoms with van der Waals surface area (Å²) in [6, 6.07) is 11.8. The van der Waals surface area contributed by atoms with Crippen LogP contribution in [0.15, 0.2) is 55.3 Å². The molecule has 0 N–H and O–H groups in total. The van der Waals surface area contributed by atoms with Crippen LogP contribution in [0, 0.1) is 6.92 Å². The van der Waals surface area contributed by atoms with Gasteiger partial charge in [-0.25, -0.2) is 4.98 Å². The minimum Gasteiger partial charge on any atom is -0.349 e. The van der Waals surface area contributed by atoms with E-state index in [1.54, 1.807) is 6.20 Å². The highest BCUT2D eigenvalue weighted by molar-refractivity contribution is 6.03. The molecule has 0 radical (unpaired) electrons. The van der Waals surface area contributed by atoms with Gasteiger partial charge in [0.05, 0.1) is 5.92 Å². The fourth-order valence-corrected chi connectivity index (χ4v) is 3.17. The molecule has 2 atom stereocenters. The molecule has 0 fully saturated rings. The molecule has 0 aliphatic carbocycles. The number of ketones is 1. The normalized spacial score (nSPS) is 19.8. The number of rotatable bonds is 4. The minimum absolute atomic E-state index is 0.0803. The fraction of sp³-hybridized carbons (Fsp3) is 0.263. The summed E-state index contributed by atoms with van der Waals surface area (Å²) in [6.07, 6.45) is 3.63. The van der Waals surface area contributed by atoms with Crippen LogP contribution in [0.25, 0.3) is 0 Å². The molecule has 0 saturated carbocycles. The van der Waals surface area contributed by atoms with Crippen LogP contribution in [0.3, 0.4) is 0 Å². The van der Waals surface area contributed by atoms with Gasteiger partial charge < -0.3 is 4.90 Å². The lowest BCUT2D eigenvalue weighted by Gasteiger charge is -2.24. The van der Waals surface area contributed by atoms with Crippen molar-refractivity contribution in [2.24, 2.45) is 0 Å². The highest BCUT2D eigenvalue weighted by atomic mass is 16.1. The number of Topliss-reactive ketones (excluding diaryl/α,β-unsaturated/α-hetero) is 1. The van der Waals surface area contributed by atoms with Crippen molar-refractivity contribution in [1.29, 1.82) is 0 Å². The quantitative estimate of drug-likeness (QED) is 0.635. The number of hydrogen-bond acceptors (Lipinski definition) is 3. The zero-order valence-electron chi connectivity index (χ0n) is 13.0. The van der Waals surface area contributed by atoms with E-state index in [0.717, 1.165) is 22.5 Å². The van der Waals surface area contributed by atoms with Crippen molar-refractivity contribution in [3.8, 4) is 0 Å². The highest BCUT2D eigenvalue weighted by Crippen LogP contribution is 2.40. The number of anilines is 1. The first-order valence-electron chi connectivity index (χ1n) is 7.57. The van der Waals surface area contributed by atoms with Crippen molar-refractivity contribution in [2.75, 3.05) is 11.4 Å². The minimum atomic E-state index is -0.175. The van der Waals surface area contributed by atoms with Crippen molar-refractivity contribution in [3.63, 3.8) is 0 Å². The molecule has 0 amide bonds. The molecule has 1 aliphatic rings. The first-order valence-corrected chi connectivity index (χ1v) is 7.57. The molecule has 1 aliphatic heterocycles.